The summed E-state index contributed by atoms with van der Waals surface area (Å²) in [6.45, 7) is 12.8. The number of hydrogen-bond acceptors (Lipinski definition) is 17. The summed E-state index contributed by atoms with van der Waals surface area (Å²) in [5.74, 6) is 2.58. The van der Waals surface area contributed by atoms with E-state index in [1.54, 1.807) is 6.92 Å². The Bertz CT molecular complexity index is 1780. The fourth-order valence-electron chi connectivity index (χ4n) is 14.5. The van der Waals surface area contributed by atoms with Crippen molar-refractivity contribution < 1.29 is 78.4 Å². The van der Waals surface area contributed by atoms with Crippen LogP contribution in [0.4, 0.5) is 0 Å². The highest BCUT2D eigenvalue weighted by atomic mass is 16.8. The molecule has 0 bridgehead atoms. The molecular weight excluding hydrogens is 863 g/mol. The number of fused-ring (bicyclic) bond motifs is 7. The molecule has 0 aromatic carbocycles. The minimum absolute atomic E-state index is 0.00310. The van der Waals surface area contributed by atoms with Crippen molar-refractivity contribution in [2.75, 3.05) is 26.4 Å². The number of aliphatic hydroxyl groups is 7. The van der Waals surface area contributed by atoms with Gasteiger partial charge < -0.3 is 78.4 Å². The minimum Gasteiger partial charge on any atom is -0.394 e. The molecule has 0 aromatic heterocycles. The molecule has 374 valence electrons. The highest BCUT2D eigenvalue weighted by Gasteiger charge is 2.69. The summed E-state index contributed by atoms with van der Waals surface area (Å²) in [4.78, 5) is 2.68. The molecule has 3 saturated carbocycles. The summed E-state index contributed by atoms with van der Waals surface area (Å²) < 4.78 is 56.4. The average Bonchev–Trinajstić information content (AvgIpc) is 3.74. The summed E-state index contributed by atoms with van der Waals surface area (Å²) in [6.07, 6.45) is -9.98. The summed E-state index contributed by atoms with van der Waals surface area (Å²) in [7, 11) is 0. The Morgan fingerprint density at radius 1 is 0.773 bits per heavy atom. The lowest BCUT2D eigenvalue weighted by molar-refractivity contribution is -0.389. The monoisotopic (exact) mass is 938 g/mol. The van der Waals surface area contributed by atoms with Crippen molar-refractivity contribution in [1.29, 1.82) is 0 Å². The molecular formula is C47H75N3O16. The van der Waals surface area contributed by atoms with Crippen LogP contribution in [0.1, 0.15) is 99.3 Å². The van der Waals surface area contributed by atoms with Crippen LogP contribution >= 0.6 is 0 Å². The maximum absolute atomic E-state index is 12.1. The van der Waals surface area contributed by atoms with Crippen LogP contribution in [0.2, 0.25) is 0 Å². The van der Waals surface area contributed by atoms with Crippen LogP contribution in [0.3, 0.4) is 0 Å². The van der Waals surface area contributed by atoms with Crippen molar-refractivity contribution in [3.8, 4) is 0 Å². The Hall–Kier alpha value is -1.59. The molecule has 5 saturated heterocycles. The highest BCUT2D eigenvalue weighted by molar-refractivity contribution is 5.26. The second kappa shape index (κ2) is 19.2. The largest absolute Gasteiger partial charge is 0.394 e. The van der Waals surface area contributed by atoms with E-state index in [0.717, 1.165) is 51.6 Å². The lowest BCUT2D eigenvalue weighted by Crippen LogP contribution is -2.66. The Kier molecular flexibility index (Phi) is 14.4. The van der Waals surface area contributed by atoms with Gasteiger partial charge in [0.1, 0.15) is 61.0 Å². The summed E-state index contributed by atoms with van der Waals surface area (Å²) >= 11 is 0. The molecule has 9 rings (SSSR count). The van der Waals surface area contributed by atoms with E-state index < -0.39 is 105 Å². The van der Waals surface area contributed by atoms with Crippen LogP contribution in [0.15, 0.2) is 16.8 Å². The van der Waals surface area contributed by atoms with Crippen LogP contribution in [0.25, 0.3) is 10.4 Å². The lowest BCUT2D eigenvalue weighted by atomic mass is 9.47. The number of hydrogen-bond donors (Lipinski definition) is 7. The van der Waals surface area contributed by atoms with Crippen molar-refractivity contribution in [2.45, 2.75) is 209 Å². The fourth-order valence-corrected chi connectivity index (χ4v) is 14.5. The van der Waals surface area contributed by atoms with Crippen molar-refractivity contribution in [3.63, 3.8) is 0 Å². The van der Waals surface area contributed by atoms with Gasteiger partial charge in [-0.1, -0.05) is 44.5 Å². The summed E-state index contributed by atoms with van der Waals surface area (Å²) in [6, 6.07) is 0. The van der Waals surface area contributed by atoms with Gasteiger partial charge in [0.25, 0.3) is 0 Å². The number of ether oxygens (including phenoxy) is 9. The van der Waals surface area contributed by atoms with Gasteiger partial charge in [-0.3, -0.25) is 0 Å². The van der Waals surface area contributed by atoms with Crippen molar-refractivity contribution in [1.82, 2.24) is 0 Å². The molecule has 19 heteroatoms. The molecule has 8 fully saturated rings. The van der Waals surface area contributed by atoms with Crippen LogP contribution in [-0.2, 0) is 42.6 Å². The first-order valence-corrected chi connectivity index (χ1v) is 24.7. The first-order chi connectivity index (χ1) is 31.4. The normalized spacial score (nSPS) is 54.7. The van der Waals surface area contributed by atoms with Gasteiger partial charge in [0.2, 0.25) is 0 Å². The molecule has 4 aliphatic carbocycles. The standard InChI is InChI=1S/C47H75N3O16/c1-21-9-14-47(59-20-21)22(2)32-30(66-47)18-29-27-8-7-25-17-26(10-12-45(25,5)28(27)11-13-46(29,32)6)62-44-41(65-42-36(55)34(53)33(52)23(3)60-42)38(57)40(31(19-51)63-44)64-43-37(56)35(54)39(24(4)61-43)58-16-15-49-50-48/h7,21-24,26-44,51-57H,8-20H2,1-6H3/t21-,22+,23-,24-,26+,27-,28+,29+,30+,31-,32+,33-,34+,35-,36+,37+,38+,39-,40-,41-,42-,43-,44-,45+,46+,47-/m1/s1. The maximum atomic E-state index is 12.1. The van der Waals surface area contributed by atoms with Crippen molar-refractivity contribution >= 4 is 0 Å². The molecule has 9 aliphatic rings. The van der Waals surface area contributed by atoms with Gasteiger partial charge in [0.05, 0.1) is 44.2 Å². The molecule has 66 heavy (non-hydrogen) atoms. The highest BCUT2D eigenvalue weighted by Crippen LogP contribution is 2.70. The molecule has 1 spiro atoms. The zero-order chi connectivity index (χ0) is 47.0. The third-order valence-electron chi connectivity index (χ3n) is 18.2. The molecule has 7 N–H and O–H groups in total. The number of allylic oxidation sites excluding steroid dienone is 1. The number of azide groups is 1. The Balaban J connectivity index is 0.902. The van der Waals surface area contributed by atoms with E-state index in [1.165, 1.54) is 12.5 Å². The quantitative estimate of drug-likeness (QED) is 0.0516. The van der Waals surface area contributed by atoms with Gasteiger partial charge in [-0.15, -0.1) is 0 Å². The summed E-state index contributed by atoms with van der Waals surface area (Å²) in [5.41, 5.74) is 10.1. The zero-order valence-electron chi connectivity index (χ0n) is 39.2. The molecule has 0 aromatic rings. The number of nitrogens with zero attached hydrogens (tertiary/aromatic N) is 3. The summed E-state index contributed by atoms with van der Waals surface area (Å²) in [5, 5.41) is 80.5. The lowest BCUT2D eigenvalue weighted by Gasteiger charge is -2.58. The SMILES string of the molecule is C[C@@H]1CC[C@@]2(OC1)O[C@H]1C[C@H]3[C@@H]4CC=C5C[C@@H](O[C@@H]6O[C@H](CO)[C@@H](O[C@H]7O[C@H](C)[C@@H](OCCN=[N+]=[N-])[C@H](O)[C@@H]7O)[C@H](O)[C@H]6O[C@H]6O[C@H](C)[C@@H](O)[C@H](O)[C@@H]6O)CC[C@]5(C)[C@H]4CC[C@]3(C)[C@H]1[C@@H]2C. The van der Waals surface area contributed by atoms with Crippen LogP contribution in [0, 0.1) is 46.3 Å². The van der Waals surface area contributed by atoms with Gasteiger partial charge in [-0.05, 0) is 111 Å². The van der Waals surface area contributed by atoms with E-state index in [4.69, 9.17) is 48.2 Å². The number of rotatable bonds is 11. The fraction of sp³-hybridized carbons (Fsp3) is 0.957. The van der Waals surface area contributed by atoms with Crippen molar-refractivity contribution in [3.05, 3.63) is 22.1 Å². The first-order valence-electron chi connectivity index (χ1n) is 24.7. The second-order valence-electron chi connectivity index (χ2n) is 21.9. The average molecular weight is 938 g/mol. The van der Waals surface area contributed by atoms with E-state index in [0.29, 0.717) is 48.3 Å². The Morgan fingerprint density at radius 3 is 2.21 bits per heavy atom. The molecule has 5 aliphatic heterocycles. The molecule has 5 heterocycles. The second-order valence-corrected chi connectivity index (χ2v) is 21.9. The van der Waals surface area contributed by atoms with Gasteiger partial charge in [-0.2, -0.15) is 0 Å². The van der Waals surface area contributed by atoms with E-state index in [1.807, 2.05) is 0 Å². The topological polar surface area (TPSA) is 273 Å². The van der Waals surface area contributed by atoms with Gasteiger partial charge >= 0.3 is 0 Å². The molecule has 26 atom stereocenters. The van der Waals surface area contributed by atoms with E-state index >= 15 is 0 Å². The molecule has 0 radical (unpaired) electrons. The third kappa shape index (κ3) is 8.50. The third-order valence-corrected chi connectivity index (χ3v) is 18.2. The molecule has 0 unspecified atom stereocenters. The maximum Gasteiger partial charge on any atom is 0.187 e. The smallest absolute Gasteiger partial charge is 0.187 e. The van der Waals surface area contributed by atoms with Gasteiger partial charge in [-0.25, -0.2) is 0 Å². The number of aliphatic hydroxyl groups excluding tert-OH is 7. The Labute approximate surface area is 386 Å². The van der Waals surface area contributed by atoms with Gasteiger partial charge in [0, 0.05) is 23.8 Å². The molecule has 19 nitrogen and oxygen atoms in total. The first kappa shape index (κ1) is 49.4. The minimum atomic E-state index is -1.72. The zero-order valence-corrected chi connectivity index (χ0v) is 39.2. The van der Waals surface area contributed by atoms with Crippen molar-refractivity contribution in [2.24, 2.45) is 51.5 Å². The van der Waals surface area contributed by atoms with Crippen LogP contribution in [-0.4, -0.2) is 172 Å². The van der Waals surface area contributed by atoms with E-state index in [2.05, 4.69) is 43.8 Å². The van der Waals surface area contributed by atoms with Crippen LogP contribution in [0.5, 0.6) is 0 Å². The molecule has 0 amide bonds. The van der Waals surface area contributed by atoms with Gasteiger partial charge in [0.15, 0.2) is 24.7 Å². The van der Waals surface area contributed by atoms with Crippen LogP contribution < -0.4 is 0 Å². The van der Waals surface area contributed by atoms with E-state index in [-0.39, 0.29) is 36.2 Å². The Morgan fingerprint density at radius 2 is 1.50 bits per heavy atom. The van der Waals surface area contributed by atoms with E-state index in [9.17, 15) is 35.7 Å². The predicted octanol–water partition coefficient (Wildman–Crippen LogP) is 2.58. The predicted molar refractivity (Wildman–Crippen MR) is 231 cm³/mol.